The molecule has 0 aliphatic rings. The highest BCUT2D eigenvalue weighted by molar-refractivity contribution is 9.10. The van der Waals surface area contributed by atoms with E-state index >= 15 is 0 Å². The molecule has 0 aliphatic heterocycles. The van der Waals surface area contributed by atoms with Crippen molar-refractivity contribution in [3.63, 3.8) is 0 Å². The normalized spacial score (nSPS) is 10.9. The Morgan fingerprint density at radius 2 is 2.00 bits per heavy atom. The molecular formula is C20H15BrN4O2S. The Labute approximate surface area is 173 Å². The molecular weight excluding hydrogens is 440 g/mol. The van der Waals surface area contributed by atoms with E-state index in [0.717, 1.165) is 27.1 Å². The molecule has 0 saturated heterocycles. The predicted molar refractivity (Wildman–Crippen MR) is 115 cm³/mol. The molecule has 2 aromatic carbocycles. The number of nitrogens with zero attached hydrogens (tertiary/aromatic N) is 3. The molecule has 0 spiro atoms. The van der Waals surface area contributed by atoms with Crippen molar-refractivity contribution in [2.45, 2.75) is 13.5 Å². The Bertz CT molecular complexity index is 1230. The molecule has 6 nitrogen and oxygen atoms in total. The van der Waals surface area contributed by atoms with E-state index in [1.165, 1.54) is 10.9 Å². The number of amides is 1. The summed E-state index contributed by atoms with van der Waals surface area (Å²) >= 11 is 4.46. The fraction of sp³-hybridized carbons (Fsp3) is 0.100. The van der Waals surface area contributed by atoms with Gasteiger partial charge in [0.2, 0.25) is 5.91 Å². The van der Waals surface area contributed by atoms with Gasteiger partial charge in [0.05, 0.1) is 6.33 Å². The first-order valence-electron chi connectivity index (χ1n) is 8.48. The summed E-state index contributed by atoms with van der Waals surface area (Å²) in [6.07, 6.45) is 1.40. The van der Waals surface area contributed by atoms with Crippen LogP contribution < -0.4 is 10.9 Å². The minimum Gasteiger partial charge on any atom is -0.324 e. The zero-order valence-electron chi connectivity index (χ0n) is 14.8. The first-order valence-corrected chi connectivity index (χ1v) is 10.1. The maximum absolute atomic E-state index is 12.8. The summed E-state index contributed by atoms with van der Waals surface area (Å²) in [5.74, 6) is -0.301. The van der Waals surface area contributed by atoms with Gasteiger partial charge in [-0.1, -0.05) is 51.8 Å². The van der Waals surface area contributed by atoms with Gasteiger partial charge in [0.25, 0.3) is 5.56 Å². The second kappa shape index (κ2) is 7.65. The number of nitrogens with one attached hydrogen (secondary N) is 1. The van der Waals surface area contributed by atoms with E-state index in [2.05, 4.69) is 30.6 Å². The average Bonchev–Trinajstić information content (AvgIpc) is 3.09. The fourth-order valence-electron chi connectivity index (χ4n) is 2.79. The van der Waals surface area contributed by atoms with Crippen LogP contribution in [0, 0.1) is 6.92 Å². The maximum Gasteiger partial charge on any atom is 0.273 e. The van der Waals surface area contributed by atoms with Gasteiger partial charge in [-0.2, -0.15) is 4.37 Å². The molecule has 1 amide bonds. The van der Waals surface area contributed by atoms with Crippen LogP contribution in [0.25, 0.3) is 21.5 Å². The molecule has 28 heavy (non-hydrogen) atoms. The van der Waals surface area contributed by atoms with E-state index in [1.54, 1.807) is 12.1 Å². The molecule has 0 atom stereocenters. The quantitative estimate of drug-likeness (QED) is 0.500. The van der Waals surface area contributed by atoms with E-state index in [1.807, 2.05) is 43.3 Å². The van der Waals surface area contributed by atoms with Crippen LogP contribution in [-0.4, -0.2) is 19.8 Å². The molecule has 2 aromatic heterocycles. The third-order valence-electron chi connectivity index (χ3n) is 4.20. The van der Waals surface area contributed by atoms with E-state index in [0.29, 0.717) is 21.6 Å². The van der Waals surface area contributed by atoms with Gasteiger partial charge in [0.1, 0.15) is 22.5 Å². The molecule has 0 unspecified atom stereocenters. The van der Waals surface area contributed by atoms with Crippen LogP contribution in [0.4, 0.5) is 5.69 Å². The monoisotopic (exact) mass is 454 g/mol. The lowest BCUT2D eigenvalue weighted by Gasteiger charge is -2.07. The molecule has 0 saturated carbocycles. The SMILES string of the molecule is Cc1ccc(-c2nsc3c(=O)n(CC(=O)Nc4cccc(Br)c4)cnc23)cc1. The van der Waals surface area contributed by atoms with Crippen LogP contribution >= 0.6 is 27.5 Å². The molecule has 2 heterocycles. The van der Waals surface area contributed by atoms with Crippen molar-refractivity contribution >= 4 is 49.3 Å². The lowest BCUT2D eigenvalue weighted by Crippen LogP contribution is -2.27. The number of aromatic nitrogens is 3. The Kier molecular flexibility index (Phi) is 5.06. The summed E-state index contributed by atoms with van der Waals surface area (Å²) in [7, 11) is 0. The maximum atomic E-state index is 12.8. The molecule has 0 fully saturated rings. The largest absolute Gasteiger partial charge is 0.324 e. The number of aryl methyl sites for hydroxylation is 1. The lowest BCUT2D eigenvalue weighted by atomic mass is 10.1. The molecule has 0 bridgehead atoms. The first-order chi connectivity index (χ1) is 13.5. The number of benzene rings is 2. The van der Waals surface area contributed by atoms with Crippen LogP contribution in [-0.2, 0) is 11.3 Å². The van der Waals surface area contributed by atoms with Gasteiger partial charge in [-0.25, -0.2) is 4.98 Å². The predicted octanol–water partition coefficient (Wildman–Crippen LogP) is 4.23. The van der Waals surface area contributed by atoms with Crippen molar-refractivity contribution < 1.29 is 4.79 Å². The third-order valence-corrected chi connectivity index (χ3v) is 5.51. The van der Waals surface area contributed by atoms with Crippen molar-refractivity contribution in [3.05, 3.63) is 75.2 Å². The van der Waals surface area contributed by atoms with Crippen molar-refractivity contribution in [2.24, 2.45) is 0 Å². The topological polar surface area (TPSA) is 76.9 Å². The lowest BCUT2D eigenvalue weighted by molar-refractivity contribution is -0.116. The summed E-state index contributed by atoms with van der Waals surface area (Å²) in [5, 5.41) is 2.77. The van der Waals surface area contributed by atoms with Gasteiger partial charge >= 0.3 is 0 Å². The molecule has 4 aromatic rings. The van der Waals surface area contributed by atoms with Crippen LogP contribution in [0.15, 0.2) is 64.1 Å². The molecule has 8 heteroatoms. The minimum absolute atomic E-state index is 0.119. The van der Waals surface area contributed by atoms with Crippen molar-refractivity contribution in [2.75, 3.05) is 5.32 Å². The first kappa shape index (κ1) is 18.5. The summed E-state index contributed by atoms with van der Waals surface area (Å²) in [4.78, 5) is 29.5. The van der Waals surface area contributed by atoms with Gasteiger partial charge in [0, 0.05) is 15.7 Å². The molecule has 0 aliphatic carbocycles. The van der Waals surface area contributed by atoms with Gasteiger partial charge in [-0.3, -0.25) is 14.2 Å². The van der Waals surface area contributed by atoms with E-state index in [4.69, 9.17) is 0 Å². The zero-order valence-corrected chi connectivity index (χ0v) is 17.3. The number of fused-ring (bicyclic) bond motifs is 1. The standard InChI is InChI=1S/C20H15BrN4O2S/c1-12-5-7-13(8-6-12)17-18-19(28-24-17)20(27)25(11-22-18)10-16(26)23-15-4-2-3-14(21)9-15/h2-9,11H,10H2,1H3,(H,23,26). The number of anilines is 1. The Morgan fingerprint density at radius 3 is 2.75 bits per heavy atom. The second-order valence-electron chi connectivity index (χ2n) is 6.31. The molecule has 4 rings (SSSR count). The van der Waals surface area contributed by atoms with E-state index < -0.39 is 0 Å². The minimum atomic E-state index is -0.301. The smallest absolute Gasteiger partial charge is 0.273 e. The van der Waals surface area contributed by atoms with Crippen LogP contribution in [0.1, 0.15) is 5.56 Å². The molecule has 140 valence electrons. The van der Waals surface area contributed by atoms with Gasteiger partial charge in [-0.15, -0.1) is 0 Å². The number of hydrogen-bond donors (Lipinski definition) is 1. The fourth-order valence-corrected chi connectivity index (χ4v) is 4.00. The van der Waals surface area contributed by atoms with Crippen molar-refractivity contribution in [1.29, 1.82) is 0 Å². The Morgan fingerprint density at radius 1 is 1.21 bits per heavy atom. The highest BCUT2D eigenvalue weighted by atomic mass is 79.9. The summed E-state index contributed by atoms with van der Waals surface area (Å²) in [5.41, 5.74) is 3.68. The highest BCUT2D eigenvalue weighted by Gasteiger charge is 2.15. The van der Waals surface area contributed by atoms with Crippen LogP contribution in [0.2, 0.25) is 0 Å². The number of carbonyl (C=O) groups excluding carboxylic acids is 1. The highest BCUT2D eigenvalue weighted by Crippen LogP contribution is 2.27. The molecule has 1 N–H and O–H groups in total. The van der Waals surface area contributed by atoms with Crippen molar-refractivity contribution in [3.8, 4) is 11.3 Å². The van der Waals surface area contributed by atoms with E-state index in [-0.39, 0.29) is 18.0 Å². The third kappa shape index (κ3) is 3.74. The zero-order chi connectivity index (χ0) is 19.7. The summed E-state index contributed by atoms with van der Waals surface area (Å²) in [6.45, 7) is 1.89. The van der Waals surface area contributed by atoms with Gasteiger partial charge in [0.15, 0.2) is 0 Å². The summed E-state index contributed by atoms with van der Waals surface area (Å²) in [6, 6.07) is 15.2. The van der Waals surface area contributed by atoms with Gasteiger partial charge in [-0.05, 0) is 36.7 Å². The van der Waals surface area contributed by atoms with E-state index in [9.17, 15) is 9.59 Å². The van der Waals surface area contributed by atoms with Gasteiger partial charge < -0.3 is 5.32 Å². The Balaban J connectivity index is 1.61. The number of rotatable bonds is 4. The van der Waals surface area contributed by atoms with Crippen molar-refractivity contribution in [1.82, 2.24) is 13.9 Å². The number of carbonyl (C=O) groups is 1. The molecule has 0 radical (unpaired) electrons. The average molecular weight is 455 g/mol. The number of halogens is 1. The van der Waals surface area contributed by atoms with Crippen LogP contribution in [0.5, 0.6) is 0 Å². The summed E-state index contributed by atoms with van der Waals surface area (Å²) < 4.78 is 7.01. The van der Waals surface area contributed by atoms with Crippen LogP contribution in [0.3, 0.4) is 0 Å². The number of hydrogen-bond acceptors (Lipinski definition) is 5. The second-order valence-corrected chi connectivity index (χ2v) is 8.00. The Hall–Kier alpha value is -2.84.